The maximum Gasteiger partial charge on any atom is 0.282 e. The molecule has 0 saturated carbocycles. The van der Waals surface area contributed by atoms with Gasteiger partial charge in [-0.05, 0) is 43.3 Å². The number of methoxy groups -OCH3 is 1. The third-order valence-electron chi connectivity index (χ3n) is 5.12. The van der Waals surface area contributed by atoms with Crippen LogP contribution in [-0.4, -0.2) is 31.4 Å². The predicted octanol–water partition coefficient (Wildman–Crippen LogP) is 3.48. The van der Waals surface area contributed by atoms with Crippen molar-refractivity contribution >= 4 is 35.2 Å². The van der Waals surface area contributed by atoms with Crippen LogP contribution in [0.2, 0.25) is 0 Å². The second-order valence-corrected chi connectivity index (χ2v) is 7.56. The average molecular weight is 457 g/mol. The normalized spacial score (nSPS) is 14.2. The molecule has 2 N–H and O–H groups in total. The lowest BCUT2D eigenvalue weighted by molar-refractivity contribution is -0.118. The Bertz CT molecular complexity index is 1250. The number of anilines is 2. The van der Waals surface area contributed by atoms with Gasteiger partial charge in [-0.3, -0.25) is 19.8 Å². The molecule has 0 spiro atoms. The summed E-state index contributed by atoms with van der Waals surface area (Å²) in [6.45, 7) is 1.67. The number of hydrazine groups is 1. The van der Waals surface area contributed by atoms with Crippen molar-refractivity contribution in [3.8, 4) is 11.5 Å². The molecule has 0 radical (unpaired) electrons. The molecular formula is C26H23N3O5. The lowest BCUT2D eigenvalue weighted by Gasteiger charge is -2.14. The molecule has 4 rings (SSSR count). The van der Waals surface area contributed by atoms with Gasteiger partial charge in [0.2, 0.25) is 0 Å². The topological polar surface area (TPSA) is 97.0 Å². The minimum Gasteiger partial charge on any atom is -0.493 e. The second-order valence-electron chi connectivity index (χ2n) is 7.56. The van der Waals surface area contributed by atoms with Crippen molar-refractivity contribution in [2.45, 2.75) is 6.92 Å². The third-order valence-corrected chi connectivity index (χ3v) is 5.12. The van der Waals surface area contributed by atoms with Gasteiger partial charge >= 0.3 is 0 Å². The van der Waals surface area contributed by atoms with E-state index in [-0.39, 0.29) is 23.8 Å². The lowest BCUT2D eigenvalue weighted by atomic mass is 10.1. The smallest absolute Gasteiger partial charge is 0.282 e. The van der Waals surface area contributed by atoms with Gasteiger partial charge in [0.15, 0.2) is 18.1 Å². The molecule has 172 valence electrons. The predicted molar refractivity (Wildman–Crippen MR) is 128 cm³/mol. The van der Waals surface area contributed by atoms with Crippen LogP contribution in [0.15, 0.2) is 78.4 Å². The molecular weight excluding hydrogens is 434 g/mol. The number of benzene rings is 3. The lowest BCUT2D eigenvalue weighted by Crippen LogP contribution is -2.35. The van der Waals surface area contributed by atoms with E-state index in [2.05, 4.69) is 10.7 Å². The molecule has 0 bridgehead atoms. The Morgan fingerprint density at radius 1 is 1.00 bits per heavy atom. The fraction of sp³-hybridized carbons (Fsp3) is 0.115. The zero-order valence-corrected chi connectivity index (χ0v) is 18.7. The minimum absolute atomic E-state index is 0.0638. The van der Waals surface area contributed by atoms with Gasteiger partial charge in [-0.1, -0.05) is 48.0 Å². The molecule has 1 saturated heterocycles. The van der Waals surface area contributed by atoms with Crippen LogP contribution in [0.3, 0.4) is 0 Å². The Hall–Kier alpha value is -4.59. The van der Waals surface area contributed by atoms with Gasteiger partial charge in [-0.15, -0.1) is 0 Å². The second kappa shape index (κ2) is 9.91. The van der Waals surface area contributed by atoms with E-state index in [9.17, 15) is 14.4 Å². The number of hydrogen-bond donors (Lipinski definition) is 2. The maximum atomic E-state index is 12.9. The third kappa shape index (κ3) is 4.91. The van der Waals surface area contributed by atoms with Crippen LogP contribution in [-0.2, 0) is 14.4 Å². The molecule has 1 aliphatic heterocycles. The largest absolute Gasteiger partial charge is 0.493 e. The van der Waals surface area contributed by atoms with E-state index < -0.39 is 11.8 Å². The van der Waals surface area contributed by atoms with Gasteiger partial charge in [0.25, 0.3) is 17.7 Å². The number of nitrogens with one attached hydrogen (secondary N) is 2. The van der Waals surface area contributed by atoms with Crippen molar-refractivity contribution < 1.29 is 23.9 Å². The molecule has 3 aromatic carbocycles. The first-order valence-corrected chi connectivity index (χ1v) is 10.5. The molecule has 1 aliphatic rings. The Labute approximate surface area is 196 Å². The van der Waals surface area contributed by atoms with Gasteiger partial charge in [0, 0.05) is 11.3 Å². The van der Waals surface area contributed by atoms with Crippen molar-refractivity contribution in [2.75, 3.05) is 24.0 Å². The summed E-state index contributed by atoms with van der Waals surface area (Å²) in [4.78, 5) is 37.9. The number of carbonyl (C=O) groups excluding carboxylic acids is 3. The molecule has 0 unspecified atom stereocenters. The summed E-state index contributed by atoms with van der Waals surface area (Å²) in [6.07, 6.45) is 1.43. The first kappa shape index (κ1) is 22.6. The van der Waals surface area contributed by atoms with Crippen LogP contribution in [0.4, 0.5) is 11.4 Å². The SMILES string of the molecule is COc1cccc(C=C2C(=O)NN(c3ccccc3)C2=O)c1OCC(=O)Nc1ccc(C)cc1. The van der Waals surface area contributed by atoms with Gasteiger partial charge in [0.1, 0.15) is 5.57 Å². The van der Waals surface area contributed by atoms with Crippen LogP contribution in [0.5, 0.6) is 11.5 Å². The van der Waals surface area contributed by atoms with E-state index in [1.165, 1.54) is 18.2 Å². The van der Waals surface area contributed by atoms with E-state index in [0.717, 1.165) is 5.56 Å². The zero-order chi connectivity index (χ0) is 24.1. The summed E-state index contributed by atoms with van der Waals surface area (Å²) in [5.74, 6) is -0.793. The Balaban J connectivity index is 1.55. The number of rotatable bonds is 7. The number of carbonyl (C=O) groups is 3. The van der Waals surface area contributed by atoms with Gasteiger partial charge in [0.05, 0.1) is 12.8 Å². The summed E-state index contributed by atoms with van der Waals surface area (Å²) in [6, 6.07) is 21.2. The first-order chi connectivity index (χ1) is 16.5. The Morgan fingerprint density at radius 2 is 1.74 bits per heavy atom. The summed E-state index contributed by atoms with van der Waals surface area (Å²) >= 11 is 0. The van der Waals surface area contributed by atoms with Gasteiger partial charge < -0.3 is 14.8 Å². The molecule has 0 aliphatic carbocycles. The fourth-order valence-corrected chi connectivity index (χ4v) is 3.41. The molecule has 1 fully saturated rings. The van der Waals surface area contributed by atoms with E-state index >= 15 is 0 Å². The van der Waals surface area contributed by atoms with E-state index in [1.807, 2.05) is 25.1 Å². The molecule has 1 heterocycles. The standard InChI is InChI=1S/C26H23N3O5/c1-17-11-13-19(14-12-17)27-23(30)16-34-24-18(7-6-10-22(24)33-2)15-21-25(31)28-29(26(21)32)20-8-4-3-5-9-20/h3-15H,16H2,1-2H3,(H,27,30)(H,28,31). The zero-order valence-electron chi connectivity index (χ0n) is 18.7. The summed E-state index contributed by atoms with van der Waals surface area (Å²) in [5.41, 5.74) is 5.19. The maximum absolute atomic E-state index is 12.9. The molecule has 8 heteroatoms. The van der Waals surface area contributed by atoms with E-state index in [1.54, 1.807) is 54.6 Å². The highest BCUT2D eigenvalue weighted by Gasteiger charge is 2.34. The quantitative estimate of drug-likeness (QED) is 0.418. The summed E-state index contributed by atoms with van der Waals surface area (Å²) < 4.78 is 11.1. The number of para-hydroxylation sites is 2. The number of amides is 3. The number of hydrogen-bond acceptors (Lipinski definition) is 5. The monoisotopic (exact) mass is 457 g/mol. The van der Waals surface area contributed by atoms with Crippen LogP contribution >= 0.6 is 0 Å². The summed E-state index contributed by atoms with van der Waals surface area (Å²) in [7, 11) is 1.47. The summed E-state index contributed by atoms with van der Waals surface area (Å²) in [5, 5.41) is 3.95. The molecule has 0 atom stereocenters. The molecule has 3 amide bonds. The van der Waals surface area contributed by atoms with Crippen molar-refractivity contribution in [1.82, 2.24) is 5.43 Å². The van der Waals surface area contributed by atoms with Crippen molar-refractivity contribution in [1.29, 1.82) is 0 Å². The van der Waals surface area contributed by atoms with Crippen LogP contribution in [0.1, 0.15) is 11.1 Å². The highest BCUT2D eigenvalue weighted by atomic mass is 16.5. The molecule has 8 nitrogen and oxygen atoms in total. The van der Waals surface area contributed by atoms with Crippen molar-refractivity contribution in [3.05, 3.63) is 89.5 Å². The van der Waals surface area contributed by atoms with E-state index in [4.69, 9.17) is 9.47 Å². The van der Waals surface area contributed by atoms with Crippen LogP contribution in [0.25, 0.3) is 6.08 Å². The van der Waals surface area contributed by atoms with Crippen molar-refractivity contribution in [3.63, 3.8) is 0 Å². The van der Waals surface area contributed by atoms with Crippen molar-refractivity contribution in [2.24, 2.45) is 0 Å². The molecule has 3 aromatic rings. The van der Waals surface area contributed by atoms with Gasteiger partial charge in [-0.25, -0.2) is 5.01 Å². The van der Waals surface area contributed by atoms with Gasteiger partial charge in [-0.2, -0.15) is 0 Å². The minimum atomic E-state index is -0.542. The number of aryl methyl sites for hydroxylation is 1. The average Bonchev–Trinajstić information content (AvgIpc) is 3.13. The molecule has 0 aromatic heterocycles. The van der Waals surface area contributed by atoms with E-state index in [0.29, 0.717) is 22.7 Å². The van der Waals surface area contributed by atoms with Crippen LogP contribution in [0, 0.1) is 6.92 Å². The first-order valence-electron chi connectivity index (χ1n) is 10.5. The Morgan fingerprint density at radius 3 is 2.44 bits per heavy atom. The fourth-order valence-electron chi connectivity index (χ4n) is 3.41. The highest BCUT2D eigenvalue weighted by molar-refractivity contribution is 6.31. The highest BCUT2D eigenvalue weighted by Crippen LogP contribution is 2.33. The van der Waals surface area contributed by atoms with Crippen LogP contribution < -0.4 is 25.2 Å². The number of nitrogens with zero attached hydrogens (tertiary/aromatic N) is 1. The molecule has 34 heavy (non-hydrogen) atoms. The Kier molecular flexibility index (Phi) is 6.59. The number of ether oxygens (including phenoxy) is 2.